The molecule has 0 saturated carbocycles. The highest BCUT2D eigenvalue weighted by atomic mass is 32.1. The quantitative estimate of drug-likeness (QED) is 0.162. The maximum absolute atomic E-state index is 12.5. The molecule has 1 saturated heterocycles. The summed E-state index contributed by atoms with van der Waals surface area (Å²) in [6, 6.07) is 0. The molecule has 6 N–H and O–H groups in total. The number of aromatic amines is 2. The average molecular weight is 639 g/mol. The van der Waals surface area contributed by atoms with Crippen LogP contribution in [0.3, 0.4) is 0 Å². The molecule has 0 bridgehead atoms. The Labute approximate surface area is 267 Å². The number of aliphatic carboxylic acids is 2. The van der Waals surface area contributed by atoms with Gasteiger partial charge in [-0.05, 0) is 67.5 Å². The van der Waals surface area contributed by atoms with Gasteiger partial charge in [-0.15, -0.1) is 0 Å². The zero-order valence-electron chi connectivity index (χ0n) is 26.5. The monoisotopic (exact) mass is 638 g/mol. The van der Waals surface area contributed by atoms with Gasteiger partial charge < -0.3 is 30.6 Å². The summed E-state index contributed by atoms with van der Waals surface area (Å²) in [4.78, 5) is 59.2. The Morgan fingerprint density at radius 1 is 1.02 bits per heavy atom. The molecule has 2 aromatic heterocycles. The molecular weight excluding hydrogens is 596 g/mol. The number of amides is 2. The van der Waals surface area contributed by atoms with E-state index in [1.165, 1.54) is 0 Å². The number of thiol groups is 1. The van der Waals surface area contributed by atoms with Gasteiger partial charge >= 0.3 is 11.9 Å². The van der Waals surface area contributed by atoms with Crippen LogP contribution in [0.15, 0.2) is 21.8 Å². The topological polar surface area (TPSA) is 185 Å². The summed E-state index contributed by atoms with van der Waals surface area (Å²) in [5.74, 6) is -2.98. The molecule has 4 atom stereocenters. The predicted molar refractivity (Wildman–Crippen MR) is 174 cm³/mol. The summed E-state index contributed by atoms with van der Waals surface area (Å²) in [5, 5.41) is 32.2. The van der Waals surface area contributed by atoms with Gasteiger partial charge in [-0.2, -0.15) is 12.6 Å². The number of nitrogens with one attached hydrogen (secondary N) is 3. The molecule has 0 radical (unpaired) electrons. The average Bonchev–Trinajstić information content (AvgIpc) is 3.60. The number of carbonyl (C=O) groups excluding carboxylic acids is 2. The van der Waals surface area contributed by atoms with Gasteiger partial charge in [0, 0.05) is 76.8 Å². The van der Waals surface area contributed by atoms with Crippen LogP contribution >= 0.6 is 12.6 Å². The normalized spacial score (nSPS) is 20.6. The van der Waals surface area contributed by atoms with E-state index in [0.29, 0.717) is 35.4 Å². The Balaban J connectivity index is 1.79. The summed E-state index contributed by atoms with van der Waals surface area (Å²) in [5.41, 5.74) is 8.86. The van der Waals surface area contributed by atoms with Gasteiger partial charge in [0.25, 0.3) is 5.91 Å². The van der Waals surface area contributed by atoms with Crippen molar-refractivity contribution in [2.45, 2.75) is 91.4 Å². The van der Waals surface area contributed by atoms with Crippen molar-refractivity contribution in [2.75, 3.05) is 0 Å². The first-order valence-corrected chi connectivity index (χ1v) is 15.7. The second kappa shape index (κ2) is 13.6. The van der Waals surface area contributed by atoms with E-state index in [9.17, 15) is 34.5 Å². The number of allylic oxidation sites excluding steroid dienone is 2. The molecule has 0 aliphatic carbocycles. The minimum atomic E-state index is -1.63. The predicted octanol–water partition coefficient (Wildman–Crippen LogP) is 3.85. The van der Waals surface area contributed by atoms with Crippen LogP contribution in [-0.4, -0.2) is 66.1 Å². The van der Waals surface area contributed by atoms with Crippen molar-refractivity contribution in [1.82, 2.24) is 15.3 Å². The summed E-state index contributed by atoms with van der Waals surface area (Å²) in [6.07, 6.45) is 1.46. The van der Waals surface area contributed by atoms with Crippen LogP contribution in [0.4, 0.5) is 0 Å². The molecule has 2 aliphatic heterocycles. The van der Waals surface area contributed by atoms with E-state index >= 15 is 0 Å². The lowest BCUT2D eigenvalue weighted by Gasteiger charge is -2.17. The Bertz CT molecular complexity index is 1640. The minimum absolute atomic E-state index is 0.0802. The molecule has 4 rings (SSSR count). The third-order valence-corrected chi connectivity index (χ3v) is 9.50. The van der Waals surface area contributed by atoms with Crippen LogP contribution < -0.4 is 5.32 Å². The first-order chi connectivity index (χ1) is 21.1. The lowest BCUT2D eigenvalue weighted by atomic mass is 9.91. The van der Waals surface area contributed by atoms with Gasteiger partial charge in [-0.3, -0.25) is 14.4 Å². The van der Waals surface area contributed by atoms with Crippen molar-refractivity contribution in [3.05, 3.63) is 61.9 Å². The van der Waals surface area contributed by atoms with Crippen molar-refractivity contribution in [3.63, 3.8) is 0 Å². The highest BCUT2D eigenvalue weighted by Crippen LogP contribution is 2.35. The molecule has 2 aromatic rings. The number of aliphatic imine (C=N–C) groups is 1. The molecule has 45 heavy (non-hydrogen) atoms. The Morgan fingerprint density at radius 2 is 1.69 bits per heavy atom. The van der Waals surface area contributed by atoms with Gasteiger partial charge in [0.05, 0.1) is 5.71 Å². The van der Waals surface area contributed by atoms with E-state index in [1.807, 2.05) is 47.6 Å². The molecule has 0 aromatic carbocycles. The number of carbonyl (C=O) groups is 4. The fraction of sp³-hybridized carbons (Fsp3) is 0.485. The maximum Gasteiger partial charge on any atom is 0.332 e. The molecule has 12 heteroatoms. The third kappa shape index (κ3) is 7.01. The molecule has 2 aliphatic rings. The number of rotatable bonds is 13. The van der Waals surface area contributed by atoms with Crippen molar-refractivity contribution < 1.29 is 34.5 Å². The maximum atomic E-state index is 12.5. The summed E-state index contributed by atoms with van der Waals surface area (Å²) in [6.45, 7) is 11.3. The molecule has 2 amide bonds. The highest BCUT2D eigenvalue weighted by molar-refractivity contribution is 7.80. The van der Waals surface area contributed by atoms with Gasteiger partial charge in [-0.1, -0.05) is 20.8 Å². The molecule has 4 heterocycles. The largest absolute Gasteiger partial charge is 0.481 e. The van der Waals surface area contributed by atoms with E-state index in [0.717, 1.165) is 45.0 Å². The van der Waals surface area contributed by atoms with Crippen LogP contribution in [0.2, 0.25) is 0 Å². The summed E-state index contributed by atoms with van der Waals surface area (Å²) >= 11 is 4.61. The van der Waals surface area contributed by atoms with E-state index < -0.39 is 18.0 Å². The van der Waals surface area contributed by atoms with Crippen LogP contribution in [0.1, 0.15) is 85.6 Å². The summed E-state index contributed by atoms with van der Waals surface area (Å²) < 4.78 is 0. The van der Waals surface area contributed by atoms with E-state index in [-0.39, 0.29) is 54.6 Å². The Morgan fingerprint density at radius 3 is 2.27 bits per heavy atom. The first kappa shape index (κ1) is 34.0. The van der Waals surface area contributed by atoms with Crippen LogP contribution in [0, 0.1) is 25.7 Å². The Kier molecular flexibility index (Phi) is 10.3. The van der Waals surface area contributed by atoms with Gasteiger partial charge in [-0.25, -0.2) is 9.79 Å². The highest BCUT2D eigenvalue weighted by Gasteiger charge is 2.38. The lowest BCUT2D eigenvalue weighted by Crippen LogP contribution is -2.22. The number of H-pyrrole nitrogens is 2. The number of aliphatic hydroxyl groups excluding tert-OH is 1. The number of aliphatic hydroxyl groups is 1. The number of nitrogens with zero attached hydrogens (tertiary/aromatic N) is 1. The van der Waals surface area contributed by atoms with E-state index in [2.05, 4.69) is 32.9 Å². The smallest absolute Gasteiger partial charge is 0.332 e. The number of aromatic nitrogens is 2. The zero-order chi connectivity index (χ0) is 33.3. The summed E-state index contributed by atoms with van der Waals surface area (Å²) in [7, 11) is 0. The second-order valence-electron chi connectivity index (χ2n) is 12.1. The molecule has 1 fully saturated rings. The van der Waals surface area contributed by atoms with Crippen LogP contribution in [-0.2, 0) is 44.9 Å². The molecule has 0 spiro atoms. The van der Waals surface area contributed by atoms with Gasteiger partial charge in [0.2, 0.25) is 5.91 Å². The minimum Gasteiger partial charge on any atom is -0.481 e. The number of carboxylic acid groups (broad SMARTS) is 2. The van der Waals surface area contributed by atoms with Crippen LogP contribution in [0.5, 0.6) is 0 Å². The number of hydrogen-bond acceptors (Lipinski definition) is 6. The first-order valence-electron chi connectivity index (χ1n) is 15.2. The molecule has 11 nitrogen and oxygen atoms in total. The molecule has 242 valence electrons. The SMILES string of the molecule is CCC1=C(C)C(Cc2[nH]c(Cc3[nH]c(/C=C4\NC(=O)[C@H](C)[C@H]4[C@@H](C)S)c(C)c3CCC(=O)O)c(C[C@@H](O)C(=O)O)c2C)=NC1=O. The van der Waals surface area contributed by atoms with Crippen molar-refractivity contribution in [1.29, 1.82) is 0 Å². The molecular formula is C33H42N4O7S. The van der Waals surface area contributed by atoms with E-state index in [4.69, 9.17) is 0 Å². The molecule has 0 unspecified atom stereocenters. The third-order valence-electron chi connectivity index (χ3n) is 9.18. The Hall–Kier alpha value is -3.90. The van der Waals surface area contributed by atoms with Crippen molar-refractivity contribution >= 4 is 48.2 Å². The van der Waals surface area contributed by atoms with Crippen molar-refractivity contribution in [3.8, 4) is 0 Å². The van der Waals surface area contributed by atoms with Gasteiger partial charge in [0.1, 0.15) is 0 Å². The van der Waals surface area contributed by atoms with Gasteiger partial charge in [0.15, 0.2) is 6.10 Å². The van der Waals surface area contributed by atoms with E-state index in [1.54, 1.807) is 0 Å². The number of hydrogen-bond donors (Lipinski definition) is 7. The fourth-order valence-electron chi connectivity index (χ4n) is 6.51. The fourth-order valence-corrected chi connectivity index (χ4v) is 6.93. The van der Waals surface area contributed by atoms with Crippen LogP contribution in [0.25, 0.3) is 6.08 Å². The second-order valence-corrected chi connectivity index (χ2v) is 12.9. The van der Waals surface area contributed by atoms with Crippen molar-refractivity contribution in [2.24, 2.45) is 16.8 Å². The lowest BCUT2D eigenvalue weighted by molar-refractivity contribution is -0.146. The zero-order valence-corrected chi connectivity index (χ0v) is 27.4. The number of carboxylic acids is 2. The standard InChI is InChI=1S/C33H42N4O7S/c1-7-19-14(2)24(36-32(19)42)11-22-16(4)21(10-28(38)33(43)44)26(35-22)13-25-20(8-9-29(39)40)15(3)23(34-25)12-27-30(18(6)45)17(5)31(41)37-27/h12,17-18,28,30,34-35,38,45H,7-11,13H2,1-6H3,(H,37,41)(H,39,40)(H,43,44)/b27-12-/t17-,18-,28-,30+/m1/s1.